The topological polar surface area (TPSA) is 55.4 Å². The zero-order chi connectivity index (χ0) is 15.5. The van der Waals surface area contributed by atoms with E-state index in [1.54, 1.807) is 19.1 Å². The lowest BCUT2D eigenvalue weighted by Crippen LogP contribution is -2.29. The molecule has 0 bridgehead atoms. The van der Waals surface area contributed by atoms with Gasteiger partial charge in [-0.25, -0.2) is 4.79 Å². The molecular formula is C17H17NO3S. The fourth-order valence-electron chi connectivity index (χ4n) is 2.47. The highest BCUT2D eigenvalue weighted by Crippen LogP contribution is 2.31. The normalized spacial score (nSPS) is 14.2. The van der Waals surface area contributed by atoms with Crippen molar-refractivity contribution < 1.29 is 14.3 Å². The second kappa shape index (κ2) is 6.32. The Hall–Kier alpha value is -2.14. The van der Waals surface area contributed by atoms with E-state index in [-0.39, 0.29) is 5.91 Å². The molecule has 1 aliphatic carbocycles. The Morgan fingerprint density at radius 2 is 2.00 bits per heavy atom. The number of anilines is 1. The summed E-state index contributed by atoms with van der Waals surface area (Å²) < 4.78 is 5.27. The van der Waals surface area contributed by atoms with E-state index in [1.165, 1.54) is 21.8 Å². The molecule has 1 aromatic heterocycles. The van der Waals surface area contributed by atoms with E-state index in [2.05, 4.69) is 5.32 Å². The monoisotopic (exact) mass is 315 g/mol. The van der Waals surface area contributed by atoms with Gasteiger partial charge in [0.2, 0.25) is 0 Å². The van der Waals surface area contributed by atoms with E-state index in [0.29, 0.717) is 10.6 Å². The molecule has 1 aliphatic rings. The summed E-state index contributed by atoms with van der Waals surface area (Å²) in [6, 6.07) is 11.0. The van der Waals surface area contributed by atoms with Gasteiger partial charge >= 0.3 is 5.97 Å². The summed E-state index contributed by atoms with van der Waals surface area (Å²) >= 11 is 1.48. The third kappa shape index (κ3) is 3.20. The van der Waals surface area contributed by atoms with Gasteiger partial charge in [-0.05, 0) is 49.9 Å². The van der Waals surface area contributed by atoms with Crippen molar-refractivity contribution in [1.29, 1.82) is 0 Å². The Morgan fingerprint density at radius 1 is 1.23 bits per heavy atom. The Morgan fingerprint density at radius 3 is 2.73 bits per heavy atom. The number of ether oxygens (including phenoxy) is 1. The molecule has 0 spiro atoms. The minimum atomic E-state index is -0.829. The van der Waals surface area contributed by atoms with Gasteiger partial charge < -0.3 is 10.1 Å². The molecule has 114 valence electrons. The largest absolute Gasteiger partial charge is 0.448 e. The molecular weight excluding hydrogens is 298 g/mol. The number of esters is 1. The van der Waals surface area contributed by atoms with Gasteiger partial charge in [-0.3, -0.25) is 4.79 Å². The maximum absolute atomic E-state index is 12.1. The Kier molecular flexibility index (Phi) is 4.24. The lowest BCUT2D eigenvalue weighted by atomic mass is 10.2. The molecule has 0 radical (unpaired) electrons. The number of nitrogens with one attached hydrogen (secondary N) is 1. The average molecular weight is 315 g/mol. The predicted molar refractivity (Wildman–Crippen MR) is 86.3 cm³/mol. The van der Waals surface area contributed by atoms with E-state index < -0.39 is 12.1 Å². The van der Waals surface area contributed by atoms with Crippen LogP contribution in [0.25, 0.3) is 0 Å². The third-order valence-electron chi connectivity index (χ3n) is 3.64. The number of thiophene rings is 1. The standard InChI is InChI=1S/C17H17NO3S/c1-11(16(19)18-13-7-3-2-4-8-13)21-17(20)15-10-12-6-5-9-14(12)22-15/h2-4,7-8,10-11H,5-6,9H2,1H3,(H,18,19). The lowest BCUT2D eigenvalue weighted by molar-refractivity contribution is -0.123. The molecule has 1 aromatic carbocycles. The molecule has 0 saturated carbocycles. The summed E-state index contributed by atoms with van der Waals surface area (Å²) in [6.45, 7) is 1.58. The first kappa shape index (κ1) is 14.8. The molecule has 5 heteroatoms. The van der Waals surface area contributed by atoms with Gasteiger partial charge in [0.15, 0.2) is 6.10 Å². The van der Waals surface area contributed by atoms with Gasteiger partial charge in [-0.1, -0.05) is 18.2 Å². The van der Waals surface area contributed by atoms with Gasteiger partial charge in [0.25, 0.3) is 5.91 Å². The summed E-state index contributed by atoms with van der Waals surface area (Å²) in [5, 5.41) is 2.72. The number of carbonyl (C=O) groups excluding carboxylic acids is 2. The van der Waals surface area contributed by atoms with Crippen LogP contribution in [0.15, 0.2) is 36.4 Å². The van der Waals surface area contributed by atoms with Crippen molar-refractivity contribution in [3.05, 3.63) is 51.7 Å². The Labute approximate surface area is 133 Å². The summed E-state index contributed by atoms with van der Waals surface area (Å²) in [6.07, 6.45) is 2.40. The first-order chi connectivity index (χ1) is 10.6. The van der Waals surface area contributed by atoms with E-state index in [4.69, 9.17) is 4.74 Å². The smallest absolute Gasteiger partial charge is 0.349 e. The Bertz CT molecular complexity index is 672. The highest BCUT2D eigenvalue weighted by atomic mass is 32.1. The molecule has 1 atom stereocenters. The van der Waals surface area contributed by atoms with E-state index in [9.17, 15) is 9.59 Å². The van der Waals surface area contributed by atoms with Crippen molar-refractivity contribution in [3.8, 4) is 0 Å². The number of fused-ring (bicyclic) bond motifs is 1. The van der Waals surface area contributed by atoms with Crippen molar-refractivity contribution in [3.63, 3.8) is 0 Å². The van der Waals surface area contributed by atoms with Gasteiger partial charge in [0, 0.05) is 10.6 Å². The maximum Gasteiger partial charge on any atom is 0.349 e. The van der Waals surface area contributed by atoms with Crippen LogP contribution in [0.1, 0.15) is 33.5 Å². The fraction of sp³-hybridized carbons (Fsp3) is 0.294. The number of aryl methyl sites for hydroxylation is 2. The van der Waals surface area contributed by atoms with Crippen LogP contribution in [0.2, 0.25) is 0 Å². The number of hydrogen-bond donors (Lipinski definition) is 1. The molecule has 1 unspecified atom stereocenters. The minimum absolute atomic E-state index is 0.330. The highest BCUT2D eigenvalue weighted by molar-refractivity contribution is 7.14. The molecule has 1 heterocycles. The zero-order valence-corrected chi connectivity index (χ0v) is 13.1. The van der Waals surface area contributed by atoms with Crippen LogP contribution < -0.4 is 5.32 Å². The molecule has 1 amide bonds. The molecule has 4 nitrogen and oxygen atoms in total. The van der Waals surface area contributed by atoms with Crippen LogP contribution >= 0.6 is 11.3 Å². The van der Waals surface area contributed by atoms with Crippen LogP contribution in [-0.4, -0.2) is 18.0 Å². The molecule has 22 heavy (non-hydrogen) atoms. The van der Waals surface area contributed by atoms with Gasteiger partial charge in [0.05, 0.1) is 0 Å². The maximum atomic E-state index is 12.1. The van der Waals surface area contributed by atoms with Gasteiger partial charge in [-0.2, -0.15) is 0 Å². The van der Waals surface area contributed by atoms with Crippen LogP contribution in [0.3, 0.4) is 0 Å². The second-order valence-corrected chi connectivity index (χ2v) is 6.45. The molecule has 3 rings (SSSR count). The zero-order valence-electron chi connectivity index (χ0n) is 12.3. The quantitative estimate of drug-likeness (QED) is 0.880. The van der Waals surface area contributed by atoms with Crippen molar-refractivity contribution in [2.45, 2.75) is 32.3 Å². The first-order valence-electron chi connectivity index (χ1n) is 7.32. The average Bonchev–Trinajstić information content (AvgIpc) is 3.09. The van der Waals surface area contributed by atoms with Crippen molar-refractivity contribution in [1.82, 2.24) is 0 Å². The van der Waals surface area contributed by atoms with Crippen LogP contribution in [-0.2, 0) is 22.4 Å². The number of benzene rings is 1. The van der Waals surface area contributed by atoms with Crippen molar-refractivity contribution in [2.75, 3.05) is 5.32 Å². The SMILES string of the molecule is CC(OC(=O)c1cc2c(s1)CCC2)C(=O)Nc1ccccc1. The van der Waals surface area contributed by atoms with Crippen LogP contribution in [0, 0.1) is 0 Å². The third-order valence-corrected chi connectivity index (χ3v) is 4.86. The van der Waals surface area contributed by atoms with E-state index in [1.807, 2.05) is 24.3 Å². The fourth-order valence-corrected chi connectivity index (χ4v) is 3.60. The van der Waals surface area contributed by atoms with Gasteiger partial charge in [0.1, 0.15) is 4.88 Å². The second-order valence-electron chi connectivity index (χ2n) is 5.32. The lowest BCUT2D eigenvalue weighted by Gasteiger charge is -2.12. The molecule has 0 fully saturated rings. The number of carbonyl (C=O) groups is 2. The van der Waals surface area contributed by atoms with Crippen LogP contribution in [0.4, 0.5) is 5.69 Å². The number of amides is 1. The molecule has 0 aliphatic heterocycles. The number of hydrogen-bond acceptors (Lipinski definition) is 4. The molecule has 0 saturated heterocycles. The first-order valence-corrected chi connectivity index (χ1v) is 8.13. The number of para-hydroxylation sites is 1. The summed E-state index contributed by atoms with van der Waals surface area (Å²) in [5.41, 5.74) is 1.93. The molecule has 2 aromatic rings. The summed E-state index contributed by atoms with van der Waals surface area (Å²) in [7, 11) is 0. The van der Waals surface area contributed by atoms with Gasteiger partial charge in [-0.15, -0.1) is 11.3 Å². The minimum Gasteiger partial charge on any atom is -0.448 e. The summed E-state index contributed by atoms with van der Waals surface area (Å²) in [5.74, 6) is -0.751. The van der Waals surface area contributed by atoms with E-state index in [0.717, 1.165) is 19.3 Å². The Balaban J connectivity index is 1.59. The molecule has 1 N–H and O–H groups in total. The van der Waals surface area contributed by atoms with E-state index >= 15 is 0 Å². The summed E-state index contributed by atoms with van der Waals surface area (Å²) in [4.78, 5) is 26.0. The van der Waals surface area contributed by atoms with Crippen molar-refractivity contribution >= 4 is 28.9 Å². The van der Waals surface area contributed by atoms with Crippen LogP contribution in [0.5, 0.6) is 0 Å². The predicted octanol–water partition coefficient (Wildman–Crippen LogP) is 3.42. The highest BCUT2D eigenvalue weighted by Gasteiger charge is 2.23. The number of rotatable bonds is 4. The van der Waals surface area contributed by atoms with Crippen molar-refractivity contribution in [2.24, 2.45) is 0 Å².